The van der Waals surface area contributed by atoms with E-state index in [2.05, 4.69) is 53.5 Å². The lowest BCUT2D eigenvalue weighted by Gasteiger charge is -2.34. The van der Waals surface area contributed by atoms with Crippen LogP contribution in [-0.2, 0) is 12.8 Å². The van der Waals surface area contributed by atoms with Crippen LogP contribution in [-0.4, -0.2) is 62.2 Å². The predicted molar refractivity (Wildman–Crippen MR) is 113 cm³/mol. The molecular formula is C23H31N3O2. The SMILES string of the molecule is COc1ccc(CCN2CCN(C(=O)NCCc3cccc(C)c3)CC2)cc1. The van der Waals surface area contributed by atoms with Crippen molar-refractivity contribution >= 4 is 6.03 Å². The summed E-state index contributed by atoms with van der Waals surface area (Å²) in [4.78, 5) is 16.7. The average molecular weight is 382 g/mol. The van der Waals surface area contributed by atoms with Crippen LogP contribution in [0, 0.1) is 6.92 Å². The number of nitrogens with zero attached hydrogens (tertiary/aromatic N) is 2. The highest BCUT2D eigenvalue weighted by Gasteiger charge is 2.20. The van der Waals surface area contributed by atoms with Crippen molar-refractivity contribution in [3.05, 3.63) is 65.2 Å². The molecule has 2 aromatic rings. The highest BCUT2D eigenvalue weighted by atomic mass is 16.5. The highest BCUT2D eigenvalue weighted by molar-refractivity contribution is 5.74. The van der Waals surface area contributed by atoms with Crippen molar-refractivity contribution in [3.8, 4) is 5.75 Å². The third-order valence-corrected chi connectivity index (χ3v) is 5.31. The molecule has 0 spiro atoms. The summed E-state index contributed by atoms with van der Waals surface area (Å²) in [5.41, 5.74) is 3.84. The van der Waals surface area contributed by atoms with Crippen molar-refractivity contribution in [1.82, 2.24) is 15.1 Å². The molecule has 5 heteroatoms. The van der Waals surface area contributed by atoms with E-state index in [0.29, 0.717) is 6.54 Å². The molecule has 1 heterocycles. The van der Waals surface area contributed by atoms with Gasteiger partial charge < -0.3 is 15.0 Å². The molecule has 2 amide bonds. The molecule has 0 aromatic heterocycles. The van der Waals surface area contributed by atoms with Crippen molar-refractivity contribution in [2.75, 3.05) is 46.4 Å². The number of carbonyl (C=O) groups is 1. The maximum Gasteiger partial charge on any atom is 0.317 e. The first kappa shape index (κ1) is 20.2. The van der Waals surface area contributed by atoms with E-state index in [9.17, 15) is 4.79 Å². The molecule has 3 rings (SSSR count). The number of aryl methyl sites for hydroxylation is 1. The highest BCUT2D eigenvalue weighted by Crippen LogP contribution is 2.12. The van der Waals surface area contributed by atoms with Gasteiger partial charge in [0.05, 0.1) is 7.11 Å². The first-order valence-corrected chi connectivity index (χ1v) is 10.1. The van der Waals surface area contributed by atoms with Crippen LogP contribution in [0.1, 0.15) is 16.7 Å². The van der Waals surface area contributed by atoms with E-state index < -0.39 is 0 Å². The fourth-order valence-corrected chi connectivity index (χ4v) is 3.55. The number of nitrogens with one attached hydrogen (secondary N) is 1. The largest absolute Gasteiger partial charge is 0.497 e. The number of methoxy groups -OCH3 is 1. The molecule has 0 radical (unpaired) electrons. The smallest absolute Gasteiger partial charge is 0.317 e. The zero-order valence-corrected chi connectivity index (χ0v) is 17.0. The Bertz CT molecular complexity index is 753. The van der Waals surface area contributed by atoms with Crippen LogP contribution in [0.4, 0.5) is 4.79 Å². The molecule has 0 atom stereocenters. The van der Waals surface area contributed by atoms with E-state index in [-0.39, 0.29) is 6.03 Å². The van der Waals surface area contributed by atoms with E-state index >= 15 is 0 Å². The number of carbonyl (C=O) groups excluding carboxylic acids is 1. The fraction of sp³-hybridized carbons (Fsp3) is 0.435. The van der Waals surface area contributed by atoms with Gasteiger partial charge in [0.2, 0.25) is 0 Å². The number of rotatable bonds is 7. The van der Waals surface area contributed by atoms with Gasteiger partial charge in [-0.2, -0.15) is 0 Å². The predicted octanol–water partition coefficient (Wildman–Crippen LogP) is 3.12. The number of hydrogen-bond donors (Lipinski definition) is 1. The second-order valence-corrected chi connectivity index (χ2v) is 7.40. The molecule has 1 saturated heterocycles. The summed E-state index contributed by atoms with van der Waals surface area (Å²) < 4.78 is 5.20. The second-order valence-electron chi connectivity index (χ2n) is 7.40. The summed E-state index contributed by atoms with van der Waals surface area (Å²) in [6, 6.07) is 16.8. The van der Waals surface area contributed by atoms with E-state index in [1.165, 1.54) is 16.7 Å². The maximum absolute atomic E-state index is 12.4. The summed E-state index contributed by atoms with van der Waals surface area (Å²) >= 11 is 0. The van der Waals surface area contributed by atoms with E-state index in [1.807, 2.05) is 17.0 Å². The number of amides is 2. The Kier molecular flexibility index (Phi) is 7.31. The molecule has 5 nitrogen and oxygen atoms in total. The molecule has 2 aromatic carbocycles. The van der Waals surface area contributed by atoms with Crippen LogP contribution >= 0.6 is 0 Å². The van der Waals surface area contributed by atoms with E-state index in [0.717, 1.165) is 51.3 Å². The Morgan fingerprint density at radius 2 is 1.75 bits per heavy atom. The Morgan fingerprint density at radius 1 is 1.00 bits per heavy atom. The van der Waals surface area contributed by atoms with Crippen molar-refractivity contribution in [2.24, 2.45) is 0 Å². The van der Waals surface area contributed by atoms with Crippen LogP contribution in [0.3, 0.4) is 0 Å². The van der Waals surface area contributed by atoms with Crippen LogP contribution in [0.5, 0.6) is 5.75 Å². The number of hydrogen-bond acceptors (Lipinski definition) is 3. The van der Waals surface area contributed by atoms with Gasteiger partial charge in [-0.3, -0.25) is 4.90 Å². The average Bonchev–Trinajstić information content (AvgIpc) is 2.73. The molecule has 1 N–H and O–H groups in total. The van der Waals surface area contributed by atoms with Crippen molar-refractivity contribution in [3.63, 3.8) is 0 Å². The summed E-state index contributed by atoms with van der Waals surface area (Å²) in [7, 11) is 1.69. The van der Waals surface area contributed by atoms with Crippen LogP contribution in [0.25, 0.3) is 0 Å². The number of benzene rings is 2. The van der Waals surface area contributed by atoms with Crippen molar-refractivity contribution < 1.29 is 9.53 Å². The number of urea groups is 1. The minimum atomic E-state index is 0.0578. The maximum atomic E-state index is 12.4. The molecule has 0 bridgehead atoms. The molecule has 1 fully saturated rings. The first-order chi connectivity index (χ1) is 13.6. The zero-order valence-electron chi connectivity index (χ0n) is 17.0. The summed E-state index contributed by atoms with van der Waals surface area (Å²) in [5.74, 6) is 0.894. The molecule has 1 aliphatic rings. The Morgan fingerprint density at radius 3 is 2.43 bits per heavy atom. The third kappa shape index (κ3) is 5.99. The number of ether oxygens (including phenoxy) is 1. The minimum Gasteiger partial charge on any atom is -0.497 e. The van der Waals surface area contributed by atoms with Crippen molar-refractivity contribution in [1.29, 1.82) is 0 Å². The van der Waals surface area contributed by atoms with Gasteiger partial charge in [-0.05, 0) is 43.0 Å². The fourth-order valence-electron chi connectivity index (χ4n) is 3.55. The van der Waals surface area contributed by atoms with Gasteiger partial charge >= 0.3 is 6.03 Å². The molecule has 0 unspecified atom stereocenters. The molecule has 28 heavy (non-hydrogen) atoms. The van der Waals surface area contributed by atoms with E-state index in [1.54, 1.807) is 7.11 Å². The normalized spacial score (nSPS) is 14.7. The minimum absolute atomic E-state index is 0.0578. The van der Waals surface area contributed by atoms with Crippen molar-refractivity contribution in [2.45, 2.75) is 19.8 Å². The lowest BCUT2D eigenvalue weighted by Crippen LogP contribution is -2.52. The van der Waals surface area contributed by atoms with Gasteiger partial charge in [-0.1, -0.05) is 42.0 Å². The third-order valence-electron chi connectivity index (χ3n) is 5.31. The summed E-state index contributed by atoms with van der Waals surface area (Å²) in [6.07, 6.45) is 1.89. The molecule has 150 valence electrons. The topological polar surface area (TPSA) is 44.8 Å². The van der Waals surface area contributed by atoms with Gasteiger partial charge in [0.1, 0.15) is 5.75 Å². The molecule has 1 aliphatic heterocycles. The summed E-state index contributed by atoms with van der Waals surface area (Å²) in [6.45, 7) is 7.24. The molecule has 0 aliphatic carbocycles. The van der Waals surface area contributed by atoms with Gasteiger partial charge in [0.15, 0.2) is 0 Å². The standard InChI is InChI=1S/C23H31N3O2/c1-19-4-3-5-21(18-19)10-12-24-23(27)26-16-14-25(15-17-26)13-11-20-6-8-22(28-2)9-7-20/h3-9,18H,10-17H2,1-2H3,(H,24,27). The Labute approximate surface area is 168 Å². The van der Waals surface area contributed by atoms with Gasteiger partial charge in [0.25, 0.3) is 0 Å². The molecule has 0 saturated carbocycles. The van der Waals surface area contributed by atoms with Crippen LogP contribution < -0.4 is 10.1 Å². The monoisotopic (exact) mass is 381 g/mol. The number of piperazine rings is 1. The zero-order chi connectivity index (χ0) is 19.8. The van der Waals surface area contributed by atoms with Crippen LogP contribution in [0.2, 0.25) is 0 Å². The lowest BCUT2D eigenvalue weighted by molar-refractivity contribution is 0.140. The van der Waals surface area contributed by atoms with Crippen LogP contribution in [0.15, 0.2) is 48.5 Å². The second kappa shape index (κ2) is 10.1. The van der Waals surface area contributed by atoms with Gasteiger partial charge in [0, 0.05) is 39.3 Å². The summed E-state index contributed by atoms with van der Waals surface area (Å²) in [5, 5.41) is 3.06. The Hall–Kier alpha value is -2.53. The van der Waals surface area contributed by atoms with E-state index in [4.69, 9.17) is 4.74 Å². The van der Waals surface area contributed by atoms with Gasteiger partial charge in [-0.15, -0.1) is 0 Å². The Balaban J connectivity index is 1.34. The first-order valence-electron chi connectivity index (χ1n) is 10.1. The van der Waals surface area contributed by atoms with Gasteiger partial charge in [-0.25, -0.2) is 4.79 Å². The lowest BCUT2D eigenvalue weighted by atomic mass is 10.1. The quantitative estimate of drug-likeness (QED) is 0.802. The molecular weight excluding hydrogens is 350 g/mol.